The van der Waals surface area contributed by atoms with E-state index in [-0.39, 0.29) is 31.5 Å². The Bertz CT molecular complexity index is 753. The van der Waals surface area contributed by atoms with Crippen LogP contribution in [0.25, 0.3) is 0 Å². The highest BCUT2D eigenvalue weighted by atomic mass is 35.5. The van der Waals surface area contributed by atoms with E-state index in [2.05, 4.69) is 10.1 Å². The fourth-order valence-electron chi connectivity index (χ4n) is 2.18. The van der Waals surface area contributed by atoms with Gasteiger partial charge in [-0.2, -0.15) is 0 Å². The fourth-order valence-corrected chi connectivity index (χ4v) is 2.57. The first-order chi connectivity index (χ1) is 12.0. The van der Waals surface area contributed by atoms with Crippen LogP contribution < -0.4 is 5.32 Å². The molecule has 0 fully saturated rings. The van der Waals surface area contributed by atoms with Gasteiger partial charge in [0.1, 0.15) is 0 Å². The smallest absolute Gasteiger partial charge is 0.322 e. The summed E-state index contributed by atoms with van der Waals surface area (Å²) in [5, 5.41) is 3.85. The van der Waals surface area contributed by atoms with Crippen molar-refractivity contribution in [1.82, 2.24) is 4.90 Å². The van der Waals surface area contributed by atoms with Crippen molar-refractivity contribution < 1.29 is 14.3 Å². The number of ether oxygens (including phenoxy) is 1. The molecule has 0 bridgehead atoms. The van der Waals surface area contributed by atoms with Gasteiger partial charge < -0.3 is 15.0 Å². The second-order valence-corrected chi connectivity index (χ2v) is 6.12. The minimum absolute atomic E-state index is 0.0872. The molecule has 0 aliphatic rings. The Morgan fingerprint density at radius 2 is 1.88 bits per heavy atom. The Morgan fingerprint density at radius 3 is 2.56 bits per heavy atom. The Labute approximate surface area is 156 Å². The number of esters is 1. The molecular formula is C18H18Cl2N2O3. The summed E-state index contributed by atoms with van der Waals surface area (Å²) in [4.78, 5) is 25.6. The van der Waals surface area contributed by atoms with Crippen LogP contribution in [-0.4, -0.2) is 30.6 Å². The van der Waals surface area contributed by atoms with Gasteiger partial charge in [-0.25, -0.2) is 4.79 Å². The molecule has 0 radical (unpaired) electrons. The SMILES string of the molecule is COC(=O)CCN(Cc1ccccc1Cl)C(=O)Nc1cccc(Cl)c1. The summed E-state index contributed by atoms with van der Waals surface area (Å²) in [7, 11) is 1.31. The number of anilines is 1. The van der Waals surface area contributed by atoms with Crippen molar-refractivity contribution in [3.63, 3.8) is 0 Å². The number of hydrogen-bond donors (Lipinski definition) is 1. The van der Waals surface area contributed by atoms with Crippen molar-refractivity contribution >= 4 is 40.9 Å². The lowest BCUT2D eigenvalue weighted by molar-refractivity contribution is -0.140. The molecule has 132 valence electrons. The summed E-state index contributed by atoms with van der Waals surface area (Å²) in [6.07, 6.45) is 0.0872. The van der Waals surface area contributed by atoms with Gasteiger partial charge in [0, 0.05) is 28.8 Å². The number of halogens is 2. The summed E-state index contributed by atoms with van der Waals surface area (Å²) in [5.41, 5.74) is 1.36. The first kappa shape index (κ1) is 19.1. The molecule has 25 heavy (non-hydrogen) atoms. The second kappa shape index (κ2) is 9.30. The van der Waals surface area contributed by atoms with Gasteiger partial charge in [0.2, 0.25) is 0 Å². The third-order valence-electron chi connectivity index (χ3n) is 3.50. The molecule has 0 aliphatic heterocycles. The lowest BCUT2D eigenvalue weighted by atomic mass is 10.2. The standard InChI is InChI=1S/C18H18Cl2N2O3/c1-25-17(23)9-10-22(12-13-5-2-3-8-16(13)20)18(24)21-15-7-4-6-14(19)11-15/h2-8,11H,9-10,12H2,1H3,(H,21,24). The Morgan fingerprint density at radius 1 is 1.12 bits per heavy atom. The summed E-state index contributed by atoms with van der Waals surface area (Å²) in [6.45, 7) is 0.466. The van der Waals surface area contributed by atoms with Gasteiger partial charge >= 0.3 is 12.0 Å². The summed E-state index contributed by atoms with van der Waals surface area (Å²) < 4.78 is 4.65. The molecule has 2 aromatic carbocycles. The molecule has 7 heteroatoms. The van der Waals surface area contributed by atoms with Crippen molar-refractivity contribution in [2.75, 3.05) is 19.0 Å². The number of benzene rings is 2. The van der Waals surface area contributed by atoms with Gasteiger partial charge in [-0.15, -0.1) is 0 Å². The van der Waals surface area contributed by atoms with Crippen molar-refractivity contribution in [2.24, 2.45) is 0 Å². The number of nitrogens with one attached hydrogen (secondary N) is 1. The summed E-state index contributed by atoms with van der Waals surface area (Å²) >= 11 is 12.1. The predicted molar refractivity (Wildman–Crippen MR) is 99.0 cm³/mol. The molecule has 0 aliphatic carbocycles. The zero-order chi connectivity index (χ0) is 18.2. The maximum atomic E-state index is 12.6. The van der Waals surface area contributed by atoms with Crippen LogP contribution in [0, 0.1) is 0 Å². The first-order valence-corrected chi connectivity index (χ1v) is 8.37. The van der Waals surface area contributed by atoms with Crippen molar-refractivity contribution in [3.05, 3.63) is 64.1 Å². The van der Waals surface area contributed by atoms with Crippen LogP contribution in [0.1, 0.15) is 12.0 Å². The number of urea groups is 1. The van der Waals surface area contributed by atoms with Crippen LogP contribution in [0.3, 0.4) is 0 Å². The van der Waals surface area contributed by atoms with E-state index in [1.54, 1.807) is 30.3 Å². The van der Waals surface area contributed by atoms with E-state index in [1.807, 2.05) is 18.2 Å². The molecular weight excluding hydrogens is 363 g/mol. The highest BCUT2D eigenvalue weighted by Crippen LogP contribution is 2.19. The van der Waals surface area contributed by atoms with Crippen LogP contribution in [-0.2, 0) is 16.1 Å². The van der Waals surface area contributed by atoms with E-state index < -0.39 is 0 Å². The summed E-state index contributed by atoms with van der Waals surface area (Å²) in [5.74, 6) is -0.389. The van der Waals surface area contributed by atoms with E-state index >= 15 is 0 Å². The number of carbonyl (C=O) groups is 2. The molecule has 0 aromatic heterocycles. The lowest BCUT2D eigenvalue weighted by Crippen LogP contribution is -2.36. The number of nitrogens with zero attached hydrogens (tertiary/aromatic N) is 1. The predicted octanol–water partition coefficient (Wildman–Crippen LogP) is 4.59. The molecule has 0 heterocycles. The summed E-state index contributed by atoms with van der Waals surface area (Å²) in [6, 6.07) is 13.7. The molecule has 1 N–H and O–H groups in total. The number of hydrogen-bond acceptors (Lipinski definition) is 3. The molecule has 2 rings (SSSR count). The van der Waals surface area contributed by atoms with Crippen LogP contribution in [0.15, 0.2) is 48.5 Å². The highest BCUT2D eigenvalue weighted by molar-refractivity contribution is 6.31. The van der Waals surface area contributed by atoms with E-state index in [4.69, 9.17) is 23.2 Å². The number of carbonyl (C=O) groups excluding carboxylic acids is 2. The molecule has 2 amide bonds. The first-order valence-electron chi connectivity index (χ1n) is 7.61. The Hall–Kier alpha value is -2.24. The Balaban J connectivity index is 2.13. The quantitative estimate of drug-likeness (QED) is 0.745. The van der Waals surface area contributed by atoms with Gasteiger partial charge in [0.15, 0.2) is 0 Å². The zero-order valence-electron chi connectivity index (χ0n) is 13.7. The zero-order valence-corrected chi connectivity index (χ0v) is 15.2. The average Bonchev–Trinajstić information content (AvgIpc) is 2.59. The van der Waals surface area contributed by atoms with Crippen molar-refractivity contribution in [1.29, 1.82) is 0 Å². The maximum absolute atomic E-state index is 12.6. The molecule has 2 aromatic rings. The number of amides is 2. The van der Waals surface area contributed by atoms with Gasteiger partial charge in [-0.05, 0) is 29.8 Å². The number of methoxy groups -OCH3 is 1. The van der Waals surface area contributed by atoms with Gasteiger partial charge in [0.25, 0.3) is 0 Å². The van der Waals surface area contributed by atoms with Crippen LogP contribution in [0.4, 0.5) is 10.5 Å². The van der Waals surface area contributed by atoms with Crippen LogP contribution in [0.2, 0.25) is 10.0 Å². The van der Waals surface area contributed by atoms with E-state index in [1.165, 1.54) is 12.0 Å². The third kappa shape index (κ3) is 5.96. The average molecular weight is 381 g/mol. The molecule has 0 atom stereocenters. The second-order valence-electron chi connectivity index (χ2n) is 5.28. The van der Waals surface area contributed by atoms with E-state index in [0.717, 1.165) is 5.56 Å². The molecule has 0 unspecified atom stereocenters. The monoisotopic (exact) mass is 380 g/mol. The van der Waals surface area contributed by atoms with Gasteiger partial charge in [-0.3, -0.25) is 4.79 Å². The minimum Gasteiger partial charge on any atom is -0.469 e. The van der Waals surface area contributed by atoms with Crippen LogP contribution in [0.5, 0.6) is 0 Å². The topological polar surface area (TPSA) is 58.6 Å². The molecule has 0 saturated carbocycles. The fraction of sp³-hybridized carbons (Fsp3) is 0.222. The number of rotatable bonds is 6. The maximum Gasteiger partial charge on any atom is 0.322 e. The normalized spacial score (nSPS) is 10.2. The molecule has 0 saturated heterocycles. The minimum atomic E-state index is -0.389. The van der Waals surface area contributed by atoms with Gasteiger partial charge in [0.05, 0.1) is 13.5 Å². The molecule has 5 nitrogen and oxygen atoms in total. The van der Waals surface area contributed by atoms with E-state index in [0.29, 0.717) is 15.7 Å². The lowest BCUT2D eigenvalue weighted by Gasteiger charge is -2.23. The largest absolute Gasteiger partial charge is 0.469 e. The van der Waals surface area contributed by atoms with Crippen molar-refractivity contribution in [3.8, 4) is 0 Å². The van der Waals surface area contributed by atoms with E-state index in [9.17, 15) is 9.59 Å². The van der Waals surface area contributed by atoms with Gasteiger partial charge in [-0.1, -0.05) is 47.5 Å². The highest BCUT2D eigenvalue weighted by Gasteiger charge is 2.17. The Kier molecular flexibility index (Phi) is 7.10. The third-order valence-corrected chi connectivity index (χ3v) is 4.10. The van der Waals surface area contributed by atoms with Crippen molar-refractivity contribution in [2.45, 2.75) is 13.0 Å². The molecule has 0 spiro atoms. The van der Waals surface area contributed by atoms with Crippen LogP contribution >= 0.6 is 23.2 Å².